The molecule has 0 heterocycles. The lowest BCUT2D eigenvalue weighted by atomic mass is 10.1. The molecule has 0 unspecified atom stereocenters. The molecule has 24 heavy (non-hydrogen) atoms. The molecule has 0 saturated heterocycles. The molecule has 0 aliphatic carbocycles. The van der Waals surface area contributed by atoms with Gasteiger partial charge in [-0.3, -0.25) is 9.59 Å². The van der Waals surface area contributed by atoms with Crippen LogP contribution >= 0.6 is 58.2 Å². The van der Waals surface area contributed by atoms with Gasteiger partial charge < -0.3 is 0 Å². The molecule has 0 fully saturated rings. The monoisotopic (exact) mass is 418 g/mol. The van der Waals surface area contributed by atoms with Crippen LogP contribution in [0.5, 0.6) is 0 Å². The van der Waals surface area contributed by atoms with Gasteiger partial charge in [0, 0.05) is 17.2 Å². The molecule has 0 aliphatic heterocycles. The van der Waals surface area contributed by atoms with E-state index < -0.39 is 0 Å². The Bertz CT molecular complexity index is 846. The van der Waals surface area contributed by atoms with E-state index in [0.717, 1.165) is 0 Å². The Kier molecular flexibility index (Phi) is 6.79. The molecular weight excluding hydrogens is 410 g/mol. The Morgan fingerprint density at radius 1 is 0.833 bits per heavy atom. The Labute approximate surface area is 163 Å². The van der Waals surface area contributed by atoms with Crippen LogP contribution in [0.3, 0.4) is 0 Å². The van der Waals surface area contributed by atoms with Crippen LogP contribution in [0.25, 0.3) is 0 Å². The van der Waals surface area contributed by atoms with Crippen LogP contribution in [-0.4, -0.2) is 17.8 Å². The first-order chi connectivity index (χ1) is 11.3. The van der Waals surface area contributed by atoms with Gasteiger partial charge in [-0.1, -0.05) is 46.4 Å². The maximum Gasteiger partial charge on any atom is 0.199 e. The van der Waals surface area contributed by atoms with E-state index in [0.29, 0.717) is 21.2 Å². The van der Waals surface area contributed by atoms with E-state index in [2.05, 4.69) is 0 Å². The third-order valence-corrected chi connectivity index (χ3v) is 5.31. The van der Waals surface area contributed by atoms with Crippen molar-refractivity contribution in [2.75, 3.05) is 6.26 Å². The van der Waals surface area contributed by atoms with E-state index in [4.69, 9.17) is 46.4 Å². The normalized spacial score (nSPS) is 11.5. The van der Waals surface area contributed by atoms with E-state index in [1.165, 1.54) is 42.1 Å². The minimum absolute atomic E-state index is 0.275. The fraction of sp³-hybridized carbons (Fsp3) is 0.0588. The first-order valence-electron chi connectivity index (χ1n) is 6.58. The first kappa shape index (κ1) is 19.4. The van der Waals surface area contributed by atoms with Crippen molar-refractivity contribution >= 4 is 69.7 Å². The smallest absolute Gasteiger partial charge is 0.199 e. The molecule has 2 aromatic rings. The molecule has 0 atom stereocenters. The van der Waals surface area contributed by atoms with Crippen LogP contribution in [0.2, 0.25) is 20.1 Å². The quantitative estimate of drug-likeness (QED) is 0.403. The fourth-order valence-corrected chi connectivity index (χ4v) is 2.97. The van der Waals surface area contributed by atoms with E-state index in [9.17, 15) is 9.59 Å². The fourth-order valence-electron chi connectivity index (χ4n) is 1.85. The van der Waals surface area contributed by atoms with Crippen molar-refractivity contribution in [1.29, 1.82) is 0 Å². The number of ketones is 2. The molecular formula is C17H10Cl4O2S. The van der Waals surface area contributed by atoms with Crippen molar-refractivity contribution in [2.45, 2.75) is 0 Å². The topological polar surface area (TPSA) is 34.1 Å². The molecule has 0 spiro atoms. The van der Waals surface area contributed by atoms with E-state index >= 15 is 0 Å². The second kappa shape index (κ2) is 8.41. The lowest BCUT2D eigenvalue weighted by Crippen LogP contribution is -2.04. The van der Waals surface area contributed by atoms with Crippen molar-refractivity contribution in [1.82, 2.24) is 0 Å². The number of Topliss-reactive ketones (excluding diaryl/α,β-unsaturated/α-hetero) is 1. The summed E-state index contributed by atoms with van der Waals surface area (Å²) in [7, 11) is 0. The Hall–Kier alpha value is -0.970. The number of allylic oxidation sites excluding steroid dienone is 2. The van der Waals surface area contributed by atoms with Crippen LogP contribution in [0.15, 0.2) is 47.4 Å². The summed E-state index contributed by atoms with van der Waals surface area (Å²) in [5, 5.41) is 1.26. The van der Waals surface area contributed by atoms with Gasteiger partial charge >= 0.3 is 0 Å². The zero-order chi connectivity index (χ0) is 17.9. The first-order valence-corrected chi connectivity index (χ1v) is 9.32. The number of carbonyl (C=O) groups is 2. The molecule has 2 aromatic carbocycles. The average molecular weight is 420 g/mol. The second-order valence-electron chi connectivity index (χ2n) is 4.66. The minimum Gasteiger partial charge on any atom is -0.289 e. The molecule has 7 heteroatoms. The maximum atomic E-state index is 12.5. The zero-order valence-corrected chi connectivity index (χ0v) is 16.1. The van der Waals surface area contributed by atoms with Gasteiger partial charge in [0.05, 0.1) is 25.0 Å². The molecule has 0 saturated carbocycles. The largest absolute Gasteiger partial charge is 0.289 e. The third-order valence-electron chi connectivity index (χ3n) is 3.09. The zero-order valence-electron chi connectivity index (χ0n) is 12.3. The number of halogens is 4. The molecule has 2 rings (SSSR count). The van der Waals surface area contributed by atoms with Gasteiger partial charge in [0.2, 0.25) is 0 Å². The maximum absolute atomic E-state index is 12.5. The van der Waals surface area contributed by atoms with Gasteiger partial charge in [0.1, 0.15) is 0 Å². The second-order valence-corrected chi connectivity index (χ2v) is 7.14. The summed E-state index contributed by atoms with van der Waals surface area (Å²) < 4.78 is 0. The third kappa shape index (κ3) is 4.56. The lowest BCUT2D eigenvalue weighted by molar-refractivity contribution is 0.101. The van der Waals surface area contributed by atoms with Crippen molar-refractivity contribution in [3.8, 4) is 0 Å². The van der Waals surface area contributed by atoms with Gasteiger partial charge in [-0.05, 0) is 42.7 Å². The SMILES string of the molecule is CS/C(=C\C(=O)c1ccc(Cl)c(Cl)c1)C(=O)c1ccc(Cl)c(Cl)c1. The van der Waals surface area contributed by atoms with Crippen LogP contribution in [0.1, 0.15) is 20.7 Å². The Morgan fingerprint density at radius 3 is 1.83 bits per heavy atom. The van der Waals surface area contributed by atoms with Crippen molar-refractivity contribution in [3.63, 3.8) is 0 Å². The summed E-state index contributed by atoms with van der Waals surface area (Å²) in [4.78, 5) is 25.2. The molecule has 0 N–H and O–H groups in total. The molecule has 2 nitrogen and oxygen atoms in total. The summed E-state index contributed by atoms with van der Waals surface area (Å²) >= 11 is 24.7. The standard InChI is InChI=1S/C17H10Cl4O2S/c1-24-16(17(23)10-3-5-12(19)14(21)7-10)8-15(22)9-2-4-11(18)13(20)6-9/h2-8H,1H3/b16-8-. The predicted octanol–water partition coefficient (Wildman–Crippen LogP) is 6.61. The number of benzene rings is 2. The van der Waals surface area contributed by atoms with Crippen molar-refractivity contribution in [3.05, 3.63) is 78.6 Å². The number of hydrogen-bond acceptors (Lipinski definition) is 3. The molecule has 0 amide bonds. The van der Waals surface area contributed by atoms with Crippen LogP contribution < -0.4 is 0 Å². The van der Waals surface area contributed by atoms with Crippen LogP contribution in [-0.2, 0) is 0 Å². The number of thioether (sulfide) groups is 1. The molecule has 124 valence electrons. The molecule has 0 bridgehead atoms. The van der Waals surface area contributed by atoms with Gasteiger partial charge in [-0.15, -0.1) is 11.8 Å². The van der Waals surface area contributed by atoms with Crippen LogP contribution in [0, 0.1) is 0 Å². The summed E-state index contributed by atoms with van der Waals surface area (Å²) in [5.41, 5.74) is 0.699. The molecule has 0 aromatic heterocycles. The van der Waals surface area contributed by atoms with E-state index in [1.807, 2.05) is 0 Å². The Balaban J connectivity index is 2.33. The van der Waals surface area contributed by atoms with Crippen molar-refractivity contribution < 1.29 is 9.59 Å². The molecule has 0 radical (unpaired) electrons. The summed E-state index contributed by atoms with van der Waals surface area (Å²) in [5.74, 6) is -0.652. The van der Waals surface area contributed by atoms with Gasteiger partial charge in [-0.25, -0.2) is 0 Å². The van der Waals surface area contributed by atoms with E-state index in [1.54, 1.807) is 18.4 Å². The molecule has 0 aliphatic rings. The highest BCUT2D eigenvalue weighted by molar-refractivity contribution is 8.03. The lowest BCUT2D eigenvalue weighted by Gasteiger charge is -2.06. The van der Waals surface area contributed by atoms with E-state index in [-0.39, 0.29) is 26.5 Å². The highest BCUT2D eigenvalue weighted by Gasteiger charge is 2.16. The van der Waals surface area contributed by atoms with Gasteiger partial charge in [-0.2, -0.15) is 0 Å². The Morgan fingerprint density at radius 2 is 1.33 bits per heavy atom. The predicted molar refractivity (Wildman–Crippen MR) is 103 cm³/mol. The summed E-state index contributed by atoms with van der Waals surface area (Å²) in [6, 6.07) is 9.11. The summed E-state index contributed by atoms with van der Waals surface area (Å²) in [6.45, 7) is 0. The number of hydrogen-bond donors (Lipinski definition) is 0. The highest BCUT2D eigenvalue weighted by Crippen LogP contribution is 2.27. The minimum atomic E-state index is -0.341. The van der Waals surface area contributed by atoms with Gasteiger partial charge in [0.15, 0.2) is 11.6 Å². The van der Waals surface area contributed by atoms with Gasteiger partial charge in [0.25, 0.3) is 0 Å². The highest BCUT2D eigenvalue weighted by atomic mass is 35.5. The summed E-state index contributed by atoms with van der Waals surface area (Å²) in [6.07, 6.45) is 2.98. The number of carbonyl (C=O) groups excluding carboxylic acids is 2. The van der Waals surface area contributed by atoms with Crippen LogP contribution in [0.4, 0.5) is 0 Å². The average Bonchev–Trinajstić information content (AvgIpc) is 2.56. The van der Waals surface area contributed by atoms with Crippen molar-refractivity contribution in [2.24, 2.45) is 0 Å². The number of rotatable bonds is 5.